The third-order valence-electron chi connectivity index (χ3n) is 5.06. The van der Waals surface area contributed by atoms with Crippen molar-refractivity contribution < 1.29 is 0 Å². The van der Waals surface area contributed by atoms with E-state index in [1.807, 2.05) is 13.2 Å². The summed E-state index contributed by atoms with van der Waals surface area (Å²) in [6.07, 6.45) is 7.75. The molecule has 3 aromatic rings. The Morgan fingerprint density at radius 2 is 2.04 bits per heavy atom. The fourth-order valence-electron chi connectivity index (χ4n) is 3.66. The second-order valence-electron chi connectivity index (χ2n) is 6.85. The van der Waals surface area contributed by atoms with E-state index in [1.165, 1.54) is 24.8 Å². The van der Waals surface area contributed by atoms with E-state index in [2.05, 4.69) is 66.5 Å². The Bertz CT molecular complexity index is 836. The highest BCUT2D eigenvalue weighted by atomic mass is 127. The zero-order valence-corrected chi connectivity index (χ0v) is 18.7. The van der Waals surface area contributed by atoms with Crippen molar-refractivity contribution in [2.75, 3.05) is 20.1 Å². The van der Waals surface area contributed by atoms with E-state index in [4.69, 9.17) is 0 Å². The second-order valence-corrected chi connectivity index (χ2v) is 7.72. The van der Waals surface area contributed by atoms with E-state index < -0.39 is 0 Å². The molecule has 1 N–H and O–H groups in total. The molecule has 0 unspecified atom stereocenters. The average Bonchev–Trinajstić information content (AvgIpc) is 3.26. The molecule has 4 rings (SSSR count). The van der Waals surface area contributed by atoms with E-state index in [9.17, 15) is 0 Å². The molecule has 0 aliphatic carbocycles. The van der Waals surface area contributed by atoms with E-state index in [0.29, 0.717) is 6.54 Å². The molecule has 2 aromatic heterocycles. The first kappa shape index (κ1) is 20.1. The van der Waals surface area contributed by atoms with Crippen LogP contribution in [-0.4, -0.2) is 40.4 Å². The molecule has 1 fully saturated rings. The van der Waals surface area contributed by atoms with Crippen molar-refractivity contribution >= 4 is 46.2 Å². The number of hydrogen-bond acceptors (Lipinski definition) is 3. The normalized spacial score (nSPS) is 15.7. The fraction of sp³-hybridized carbons (Fsp3) is 0.400. The molecule has 5 nitrogen and oxygen atoms in total. The van der Waals surface area contributed by atoms with Crippen LogP contribution in [0.2, 0.25) is 0 Å². The average molecular weight is 495 g/mol. The van der Waals surface area contributed by atoms with E-state index in [0.717, 1.165) is 35.6 Å². The van der Waals surface area contributed by atoms with Crippen LogP contribution in [0.1, 0.15) is 24.1 Å². The van der Waals surface area contributed by atoms with Gasteiger partial charge in [-0.1, -0.05) is 30.3 Å². The molecule has 3 heterocycles. The van der Waals surface area contributed by atoms with Crippen LogP contribution in [0.25, 0.3) is 4.96 Å². The number of hydrogen-bond donors (Lipinski definition) is 1. The number of nitrogens with one attached hydrogen (secondary N) is 1. The summed E-state index contributed by atoms with van der Waals surface area (Å²) in [6, 6.07) is 10.8. The molecule has 0 bridgehead atoms. The van der Waals surface area contributed by atoms with Crippen LogP contribution in [0.15, 0.2) is 53.1 Å². The molecule has 144 valence electrons. The van der Waals surface area contributed by atoms with Gasteiger partial charge in [0.05, 0.1) is 12.2 Å². The molecular weight excluding hydrogens is 469 g/mol. The van der Waals surface area contributed by atoms with Crippen LogP contribution in [0, 0.1) is 5.92 Å². The van der Waals surface area contributed by atoms with Crippen molar-refractivity contribution in [2.24, 2.45) is 10.9 Å². The van der Waals surface area contributed by atoms with Gasteiger partial charge in [-0.3, -0.25) is 9.39 Å². The zero-order valence-electron chi connectivity index (χ0n) is 15.5. The third-order valence-corrected chi connectivity index (χ3v) is 5.83. The summed E-state index contributed by atoms with van der Waals surface area (Å²) in [6.45, 7) is 2.84. The molecule has 1 aliphatic rings. The molecule has 1 aliphatic heterocycles. The monoisotopic (exact) mass is 495 g/mol. The second kappa shape index (κ2) is 9.54. The Balaban J connectivity index is 0.00000210. The summed E-state index contributed by atoms with van der Waals surface area (Å²) in [5, 5.41) is 5.53. The third kappa shape index (κ3) is 5.01. The minimum absolute atomic E-state index is 0. The summed E-state index contributed by atoms with van der Waals surface area (Å²) in [5.74, 6) is 1.76. The first-order valence-electron chi connectivity index (χ1n) is 9.22. The number of halogens is 1. The molecule has 0 spiro atoms. The number of nitrogens with zero attached hydrogens (tertiary/aromatic N) is 4. The van der Waals surface area contributed by atoms with Gasteiger partial charge in [-0.25, -0.2) is 4.98 Å². The van der Waals surface area contributed by atoms with E-state index in [-0.39, 0.29) is 24.0 Å². The van der Waals surface area contributed by atoms with Crippen molar-refractivity contribution in [1.82, 2.24) is 19.6 Å². The Labute approximate surface area is 181 Å². The predicted octanol–water partition coefficient (Wildman–Crippen LogP) is 4.04. The number of thiazole rings is 1. The summed E-state index contributed by atoms with van der Waals surface area (Å²) in [4.78, 5) is 12.5. The Kier molecular flexibility index (Phi) is 7.12. The minimum atomic E-state index is 0. The maximum atomic E-state index is 4.63. The van der Waals surface area contributed by atoms with E-state index in [1.54, 1.807) is 11.3 Å². The summed E-state index contributed by atoms with van der Waals surface area (Å²) in [7, 11) is 1.87. The number of rotatable bonds is 4. The topological polar surface area (TPSA) is 44.9 Å². The van der Waals surface area contributed by atoms with Gasteiger partial charge in [-0.05, 0) is 30.7 Å². The molecule has 1 saturated heterocycles. The number of likely N-dealkylation sites (tertiary alicyclic amines) is 1. The van der Waals surface area contributed by atoms with Crippen LogP contribution in [0.5, 0.6) is 0 Å². The van der Waals surface area contributed by atoms with Crippen molar-refractivity contribution in [2.45, 2.75) is 25.8 Å². The number of aromatic nitrogens is 2. The number of fused-ring (bicyclic) bond motifs is 1. The first-order chi connectivity index (χ1) is 12.8. The Morgan fingerprint density at radius 1 is 1.26 bits per heavy atom. The predicted molar refractivity (Wildman–Crippen MR) is 123 cm³/mol. The van der Waals surface area contributed by atoms with Gasteiger partial charge in [0.25, 0.3) is 0 Å². The van der Waals surface area contributed by atoms with Crippen LogP contribution >= 0.6 is 35.3 Å². The Hall–Kier alpha value is -1.61. The van der Waals surface area contributed by atoms with Crippen LogP contribution in [-0.2, 0) is 13.0 Å². The van der Waals surface area contributed by atoms with Gasteiger partial charge in [0.2, 0.25) is 0 Å². The largest absolute Gasteiger partial charge is 0.351 e. The molecule has 1 aromatic carbocycles. The van der Waals surface area contributed by atoms with Crippen LogP contribution in [0.3, 0.4) is 0 Å². The van der Waals surface area contributed by atoms with Gasteiger partial charge in [0.1, 0.15) is 0 Å². The molecular formula is C20H26IN5S. The van der Waals surface area contributed by atoms with Gasteiger partial charge in [-0.15, -0.1) is 35.3 Å². The maximum absolute atomic E-state index is 4.63. The quantitative estimate of drug-likeness (QED) is 0.338. The SMILES string of the molecule is CN=C(NCc1cn2ccsc2n1)N1CCC(Cc2ccccc2)CC1.I. The summed E-state index contributed by atoms with van der Waals surface area (Å²) in [5.41, 5.74) is 2.50. The van der Waals surface area contributed by atoms with Gasteiger partial charge < -0.3 is 10.2 Å². The Morgan fingerprint density at radius 3 is 2.74 bits per heavy atom. The molecule has 0 radical (unpaired) electrons. The van der Waals surface area contributed by atoms with Crippen molar-refractivity contribution in [3.05, 3.63) is 59.4 Å². The number of imidazole rings is 1. The van der Waals surface area contributed by atoms with Crippen molar-refractivity contribution in [3.63, 3.8) is 0 Å². The summed E-state index contributed by atoms with van der Waals surface area (Å²) < 4.78 is 2.07. The molecule has 0 amide bonds. The fourth-order valence-corrected chi connectivity index (χ4v) is 4.38. The van der Waals surface area contributed by atoms with Crippen LogP contribution < -0.4 is 5.32 Å². The lowest BCUT2D eigenvalue weighted by Crippen LogP contribution is -2.45. The standard InChI is InChI=1S/C20H25N5S.HI/c1-21-19(22-14-18-15-25-11-12-26-20(25)23-18)24-9-7-17(8-10-24)13-16-5-3-2-4-6-16;/h2-6,11-12,15,17H,7-10,13-14H2,1H3,(H,21,22);1H. The molecule has 0 atom stereocenters. The molecule has 7 heteroatoms. The van der Waals surface area contributed by atoms with Gasteiger partial charge in [0, 0.05) is 37.9 Å². The van der Waals surface area contributed by atoms with Crippen LogP contribution in [0.4, 0.5) is 0 Å². The van der Waals surface area contributed by atoms with Crippen molar-refractivity contribution in [1.29, 1.82) is 0 Å². The van der Waals surface area contributed by atoms with Gasteiger partial charge >= 0.3 is 0 Å². The van der Waals surface area contributed by atoms with Gasteiger partial charge in [-0.2, -0.15) is 0 Å². The number of piperidine rings is 1. The minimum Gasteiger partial charge on any atom is -0.351 e. The highest BCUT2D eigenvalue weighted by Gasteiger charge is 2.21. The highest BCUT2D eigenvalue weighted by Crippen LogP contribution is 2.21. The first-order valence-corrected chi connectivity index (χ1v) is 10.1. The number of aliphatic imine (C=N–C) groups is 1. The smallest absolute Gasteiger partial charge is 0.193 e. The lowest BCUT2D eigenvalue weighted by atomic mass is 9.90. The molecule has 0 saturated carbocycles. The number of guanidine groups is 1. The molecule has 27 heavy (non-hydrogen) atoms. The maximum Gasteiger partial charge on any atom is 0.193 e. The zero-order chi connectivity index (χ0) is 17.8. The van der Waals surface area contributed by atoms with E-state index >= 15 is 0 Å². The summed E-state index contributed by atoms with van der Waals surface area (Å²) >= 11 is 1.66. The lowest BCUT2D eigenvalue weighted by Gasteiger charge is -2.34. The lowest BCUT2D eigenvalue weighted by molar-refractivity contribution is 0.259. The van der Waals surface area contributed by atoms with Crippen molar-refractivity contribution in [3.8, 4) is 0 Å². The highest BCUT2D eigenvalue weighted by molar-refractivity contribution is 14.0. The van der Waals surface area contributed by atoms with Gasteiger partial charge in [0.15, 0.2) is 10.9 Å². The number of benzene rings is 1.